The van der Waals surface area contributed by atoms with Crippen LogP contribution in [0.1, 0.15) is 18.9 Å². The standard InChI is InChI=1S/C14H22N2O/c1-3-17-11-12-6-4-5-7-14(12)15-13-8-9-16(2)10-13/h4-7,13,15H,3,8-11H2,1-2H3. The van der Waals surface area contributed by atoms with E-state index in [0.29, 0.717) is 12.6 Å². The monoisotopic (exact) mass is 234 g/mol. The normalized spacial score (nSPS) is 20.7. The number of rotatable bonds is 5. The van der Waals surface area contributed by atoms with Crippen LogP contribution in [0.3, 0.4) is 0 Å². The molecule has 0 saturated carbocycles. The molecule has 1 aliphatic heterocycles. The molecule has 3 heteroatoms. The highest BCUT2D eigenvalue weighted by molar-refractivity contribution is 5.51. The zero-order chi connectivity index (χ0) is 12.1. The molecular formula is C14H22N2O. The van der Waals surface area contributed by atoms with Gasteiger partial charge in [-0.2, -0.15) is 0 Å². The lowest BCUT2D eigenvalue weighted by Gasteiger charge is -2.17. The van der Waals surface area contributed by atoms with Crippen LogP contribution in [-0.2, 0) is 11.3 Å². The van der Waals surface area contributed by atoms with Crippen LogP contribution in [-0.4, -0.2) is 37.7 Å². The van der Waals surface area contributed by atoms with E-state index in [9.17, 15) is 0 Å². The maximum absolute atomic E-state index is 5.50. The topological polar surface area (TPSA) is 24.5 Å². The van der Waals surface area contributed by atoms with Gasteiger partial charge in [0.05, 0.1) is 6.61 Å². The molecule has 1 aliphatic rings. The first kappa shape index (κ1) is 12.4. The molecule has 0 radical (unpaired) electrons. The Hall–Kier alpha value is -1.06. The Balaban J connectivity index is 1.99. The molecule has 1 atom stereocenters. The predicted molar refractivity (Wildman–Crippen MR) is 71.3 cm³/mol. The van der Waals surface area contributed by atoms with Gasteiger partial charge >= 0.3 is 0 Å². The number of anilines is 1. The first-order valence-electron chi connectivity index (χ1n) is 6.40. The molecule has 1 aromatic rings. The molecular weight excluding hydrogens is 212 g/mol. The minimum Gasteiger partial charge on any atom is -0.381 e. The second-order valence-electron chi connectivity index (χ2n) is 4.69. The van der Waals surface area contributed by atoms with Gasteiger partial charge in [-0.1, -0.05) is 18.2 Å². The van der Waals surface area contributed by atoms with Crippen LogP contribution in [0.25, 0.3) is 0 Å². The molecule has 1 saturated heterocycles. The summed E-state index contributed by atoms with van der Waals surface area (Å²) in [5.74, 6) is 0. The lowest BCUT2D eigenvalue weighted by Crippen LogP contribution is -2.24. The molecule has 0 bridgehead atoms. The number of likely N-dealkylation sites (N-methyl/N-ethyl adjacent to an activating group) is 1. The van der Waals surface area contributed by atoms with Crippen molar-refractivity contribution in [2.24, 2.45) is 0 Å². The Kier molecular flexibility index (Phi) is 4.40. The van der Waals surface area contributed by atoms with E-state index in [1.165, 1.54) is 24.2 Å². The average Bonchev–Trinajstić information content (AvgIpc) is 2.74. The van der Waals surface area contributed by atoms with E-state index in [4.69, 9.17) is 4.74 Å². The van der Waals surface area contributed by atoms with Crippen molar-refractivity contribution in [1.82, 2.24) is 4.90 Å². The second-order valence-corrected chi connectivity index (χ2v) is 4.69. The Morgan fingerprint density at radius 2 is 2.24 bits per heavy atom. The summed E-state index contributed by atoms with van der Waals surface area (Å²) in [5.41, 5.74) is 2.48. The maximum Gasteiger partial charge on any atom is 0.0736 e. The van der Waals surface area contributed by atoms with Crippen molar-refractivity contribution >= 4 is 5.69 Å². The van der Waals surface area contributed by atoms with Gasteiger partial charge in [-0.05, 0) is 33.0 Å². The van der Waals surface area contributed by atoms with E-state index in [-0.39, 0.29) is 0 Å². The van der Waals surface area contributed by atoms with Crippen molar-refractivity contribution in [2.75, 3.05) is 32.1 Å². The highest BCUT2D eigenvalue weighted by atomic mass is 16.5. The van der Waals surface area contributed by atoms with E-state index < -0.39 is 0 Å². The van der Waals surface area contributed by atoms with Crippen molar-refractivity contribution < 1.29 is 4.74 Å². The van der Waals surface area contributed by atoms with Crippen molar-refractivity contribution in [3.05, 3.63) is 29.8 Å². The first-order chi connectivity index (χ1) is 8.29. The molecule has 0 spiro atoms. The van der Waals surface area contributed by atoms with Gasteiger partial charge in [0.15, 0.2) is 0 Å². The van der Waals surface area contributed by atoms with Gasteiger partial charge in [0, 0.05) is 30.4 Å². The van der Waals surface area contributed by atoms with Crippen LogP contribution >= 0.6 is 0 Å². The van der Waals surface area contributed by atoms with E-state index in [0.717, 1.165) is 13.2 Å². The van der Waals surface area contributed by atoms with Crippen molar-refractivity contribution in [3.63, 3.8) is 0 Å². The van der Waals surface area contributed by atoms with E-state index in [1.54, 1.807) is 0 Å². The Morgan fingerprint density at radius 1 is 1.41 bits per heavy atom. The molecule has 94 valence electrons. The molecule has 1 N–H and O–H groups in total. The molecule has 0 amide bonds. The Labute approximate surface area is 104 Å². The number of benzene rings is 1. The largest absolute Gasteiger partial charge is 0.381 e. The highest BCUT2D eigenvalue weighted by Gasteiger charge is 2.19. The lowest BCUT2D eigenvalue weighted by atomic mass is 10.1. The highest BCUT2D eigenvalue weighted by Crippen LogP contribution is 2.20. The van der Waals surface area contributed by atoms with Gasteiger partial charge in [0.25, 0.3) is 0 Å². The summed E-state index contributed by atoms with van der Waals surface area (Å²) in [6.45, 7) is 5.80. The first-order valence-corrected chi connectivity index (χ1v) is 6.40. The summed E-state index contributed by atoms with van der Waals surface area (Å²) < 4.78 is 5.50. The molecule has 1 unspecified atom stereocenters. The van der Waals surface area contributed by atoms with Crippen molar-refractivity contribution in [1.29, 1.82) is 0 Å². The Bertz CT molecular complexity index is 354. The fourth-order valence-electron chi connectivity index (χ4n) is 2.27. The van der Waals surface area contributed by atoms with E-state index >= 15 is 0 Å². The average molecular weight is 234 g/mol. The molecule has 1 fully saturated rings. The third kappa shape index (κ3) is 3.45. The molecule has 0 aromatic heterocycles. The smallest absolute Gasteiger partial charge is 0.0736 e. The molecule has 1 aromatic carbocycles. The van der Waals surface area contributed by atoms with Crippen LogP contribution in [0.5, 0.6) is 0 Å². The summed E-state index contributed by atoms with van der Waals surface area (Å²) in [5, 5.41) is 3.63. The summed E-state index contributed by atoms with van der Waals surface area (Å²) >= 11 is 0. The molecule has 1 heterocycles. The van der Waals surface area contributed by atoms with Gasteiger partial charge in [-0.25, -0.2) is 0 Å². The third-order valence-corrected chi connectivity index (χ3v) is 3.23. The number of hydrogen-bond acceptors (Lipinski definition) is 3. The second kappa shape index (κ2) is 6.03. The fourth-order valence-corrected chi connectivity index (χ4v) is 2.27. The summed E-state index contributed by atoms with van der Waals surface area (Å²) in [6.07, 6.45) is 1.22. The maximum atomic E-state index is 5.50. The van der Waals surface area contributed by atoms with Crippen molar-refractivity contribution in [2.45, 2.75) is 26.0 Å². The molecule has 17 heavy (non-hydrogen) atoms. The van der Waals surface area contributed by atoms with Crippen LogP contribution in [0, 0.1) is 0 Å². The summed E-state index contributed by atoms with van der Waals surface area (Å²) in [6, 6.07) is 9.00. The lowest BCUT2D eigenvalue weighted by molar-refractivity contribution is 0.134. The number of likely N-dealkylation sites (tertiary alicyclic amines) is 1. The fraction of sp³-hybridized carbons (Fsp3) is 0.571. The molecule has 3 nitrogen and oxygen atoms in total. The number of ether oxygens (including phenoxy) is 1. The number of nitrogens with one attached hydrogen (secondary N) is 1. The van der Waals surface area contributed by atoms with Gasteiger partial charge in [0.2, 0.25) is 0 Å². The van der Waals surface area contributed by atoms with Crippen LogP contribution in [0.2, 0.25) is 0 Å². The number of para-hydroxylation sites is 1. The zero-order valence-electron chi connectivity index (χ0n) is 10.8. The van der Waals surface area contributed by atoms with Gasteiger partial charge < -0.3 is 15.0 Å². The summed E-state index contributed by atoms with van der Waals surface area (Å²) in [4.78, 5) is 2.36. The minimum atomic E-state index is 0.572. The molecule has 0 aliphatic carbocycles. The zero-order valence-corrected chi connectivity index (χ0v) is 10.8. The van der Waals surface area contributed by atoms with Crippen LogP contribution < -0.4 is 5.32 Å². The third-order valence-electron chi connectivity index (χ3n) is 3.23. The van der Waals surface area contributed by atoms with Crippen LogP contribution in [0.15, 0.2) is 24.3 Å². The Morgan fingerprint density at radius 3 is 2.94 bits per heavy atom. The quantitative estimate of drug-likeness (QED) is 0.846. The SMILES string of the molecule is CCOCc1ccccc1NC1CCN(C)C1. The van der Waals surface area contributed by atoms with E-state index in [2.05, 4.69) is 41.5 Å². The van der Waals surface area contributed by atoms with Crippen molar-refractivity contribution in [3.8, 4) is 0 Å². The minimum absolute atomic E-state index is 0.572. The van der Waals surface area contributed by atoms with Gasteiger partial charge in [0.1, 0.15) is 0 Å². The van der Waals surface area contributed by atoms with Gasteiger partial charge in [-0.3, -0.25) is 0 Å². The predicted octanol–water partition coefficient (Wildman–Crippen LogP) is 2.34. The molecule has 2 rings (SSSR count). The van der Waals surface area contributed by atoms with E-state index in [1.807, 2.05) is 6.92 Å². The summed E-state index contributed by atoms with van der Waals surface area (Å²) in [7, 11) is 2.17. The van der Waals surface area contributed by atoms with Gasteiger partial charge in [-0.15, -0.1) is 0 Å². The number of hydrogen-bond donors (Lipinski definition) is 1. The number of nitrogens with zero attached hydrogens (tertiary/aromatic N) is 1. The van der Waals surface area contributed by atoms with Crippen LogP contribution in [0.4, 0.5) is 5.69 Å².